The maximum absolute atomic E-state index is 13.2. The molecule has 0 spiro atoms. The Morgan fingerprint density at radius 1 is 1.26 bits per heavy atom. The number of carbonyl (C=O) groups excluding carboxylic acids is 1. The molecule has 0 radical (unpaired) electrons. The van der Waals surface area contributed by atoms with Crippen molar-refractivity contribution in [3.05, 3.63) is 65.7 Å². The molecule has 0 aliphatic carbocycles. The molecule has 0 fully saturated rings. The van der Waals surface area contributed by atoms with Crippen LogP contribution in [-0.2, 0) is 11.2 Å². The highest BCUT2D eigenvalue weighted by molar-refractivity contribution is 5.84. The Kier molecular flexibility index (Phi) is 6.23. The quantitative estimate of drug-likeness (QED) is 0.852. The Morgan fingerprint density at radius 2 is 2.00 bits per heavy atom. The number of hydrogen-bond acceptors (Lipinski definition) is 3. The summed E-state index contributed by atoms with van der Waals surface area (Å²) in [5.41, 5.74) is 1.78. The van der Waals surface area contributed by atoms with E-state index in [0.717, 1.165) is 17.7 Å². The Hall–Kier alpha value is -2.27. The monoisotopic (exact) mass is 315 g/mol. The van der Waals surface area contributed by atoms with Crippen LogP contribution in [0.15, 0.2) is 48.8 Å². The van der Waals surface area contributed by atoms with Crippen molar-refractivity contribution in [2.75, 3.05) is 27.2 Å². The van der Waals surface area contributed by atoms with Crippen LogP contribution in [0.4, 0.5) is 4.39 Å². The van der Waals surface area contributed by atoms with Crippen molar-refractivity contribution in [1.29, 1.82) is 0 Å². The van der Waals surface area contributed by atoms with Gasteiger partial charge in [-0.1, -0.05) is 18.2 Å². The summed E-state index contributed by atoms with van der Waals surface area (Å²) in [6.07, 6.45) is 3.99. The van der Waals surface area contributed by atoms with Gasteiger partial charge >= 0.3 is 0 Å². The molecule has 2 rings (SSSR count). The summed E-state index contributed by atoms with van der Waals surface area (Å²) in [6, 6.07) is 9.90. The molecule has 0 saturated heterocycles. The van der Waals surface area contributed by atoms with E-state index in [1.807, 2.05) is 31.1 Å². The summed E-state index contributed by atoms with van der Waals surface area (Å²) in [7, 11) is 3.92. The van der Waals surface area contributed by atoms with Gasteiger partial charge in [-0.15, -0.1) is 0 Å². The molecule has 0 saturated carbocycles. The van der Waals surface area contributed by atoms with Gasteiger partial charge in [0.2, 0.25) is 5.91 Å². The lowest BCUT2D eigenvalue weighted by molar-refractivity contribution is -0.122. The second-order valence-corrected chi connectivity index (χ2v) is 5.76. The third-order valence-electron chi connectivity index (χ3n) is 3.61. The summed E-state index contributed by atoms with van der Waals surface area (Å²) in [5, 5.41) is 2.95. The molecule has 4 nitrogen and oxygen atoms in total. The summed E-state index contributed by atoms with van der Waals surface area (Å²) in [4.78, 5) is 18.7. The highest BCUT2D eigenvalue weighted by Crippen LogP contribution is 2.21. The zero-order chi connectivity index (χ0) is 16.7. The van der Waals surface area contributed by atoms with Crippen LogP contribution < -0.4 is 5.32 Å². The minimum atomic E-state index is -0.359. The average Bonchev–Trinajstić information content (AvgIpc) is 2.54. The first-order chi connectivity index (χ1) is 11.1. The lowest BCUT2D eigenvalue weighted by Gasteiger charge is -2.18. The number of rotatable bonds is 7. The van der Waals surface area contributed by atoms with Crippen LogP contribution in [-0.4, -0.2) is 43.0 Å². The molecule has 1 aromatic heterocycles. The summed E-state index contributed by atoms with van der Waals surface area (Å²) in [5.74, 6) is -0.717. The van der Waals surface area contributed by atoms with Crippen molar-refractivity contribution in [2.45, 2.75) is 12.3 Å². The molecule has 0 aliphatic rings. The fourth-order valence-corrected chi connectivity index (χ4v) is 2.34. The molecule has 23 heavy (non-hydrogen) atoms. The van der Waals surface area contributed by atoms with Gasteiger partial charge in [-0.3, -0.25) is 9.78 Å². The molecule has 1 unspecified atom stereocenters. The Bertz CT molecular complexity index is 614. The minimum absolute atomic E-state index is 0.0534. The predicted molar refractivity (Wildman–Crippen MR) is 88.6 cm³/mol. The molecule has 1 aromatic carbocycles. The van der Waals surface area contributed by atoms with Crippen LogP contribution in [0.3, 0.4) is 0 Å². The molecule has 5 heteroatoms. The number of benzene rings is 1. The molecular formula is C18H22FN3O. The van der Waals surface area contributed by atoms with Gasteiger partial charge in [0, 0.05) is 25.5 Å². The first kappa shape index (κ1) is 17.1. The van der Waals surface area contributed by atoms with Gasteiger partial charge in [0.05, 0.1) is 5.92 Å². The van der Waals surface area contributed by atoms with Gasteiger partial charge < -0.3 is 10.2 Å². The fourth-order valence-electron chi connectivity index (χ4n) is 2.34. The van der Waals surface area contributed by atoms with Crippen LogP contribution in [0.5, 0.6) is 0 Å². The topological polar surface area (TPSA) is 45.2 Å². The van der Waals surface area contributed by atoms with Crippen molar-refractivity contribution in [2.24, 2.45) is 0 Å². The molecule has 1 atom stereocenters. The predicted octanol–water partition coefficient (Wildman–Crippen LogP) is 2.22. The van der Waals surface area contributed by atoms with Crippen molar-refractivity contribution < 1.29 is 9.18 Å². The van der Waals surface area contributed by atoms with E-state index in [9.17, 15) is 9.18 Å². The lowest BCUT2D eigenvalue weighted by atomic mass is 9.91. The van der Waals surface area contributed by atoms with E-state index in [-0.39, 0.29) is 17.6 Å². The van der Waals surface area contributed by atoms with E-state index < -0.39 is 0 Å². The van der Waals surface area contributed by atoms with Gasteiger partial charge in [-0.25, -0.2) is 4.39 Å². The molecular weight excluding hydrogens is 293 g/mol. The number of aromatic nitrogens is 1. The summed E-state index contributed by atoms with van der Waals surface area (Å²) >= 11 is 0. The van der Waals surface area contributed by atoms with Gasteiger partial charge in [0.1, 0.15) is 5.82 Å². The molecule has 0 bridgehead atoms. The second kappa shape index (κ2) is 8.39. The Labute approximate surface area is 136 Å². The third-order valence-corrected chi connectivity index (χ3v) is 3.61. The van der Waals surface area contributed by atoms with E-state index in [4.69, 9.17) is 0 Å². The number of likely N-dealkylation sites (N-methyl/N-ethyl adjacent to an activating group) is 1. The molecule has 1 N–H and O–H groups in total. The summed E-state index contributed by atoms with van der Waals surface area (Å²) < 4.78 is 13.2. The van der Waals surface area contributed by atoms with Gasteiger partial charge in [-0.05, 0) is 49.8 Å². The largest absolute Gasteiger partial charge is 0.354 e. The maximum atomic E-state index is 13.2. The molecule has 1 amide bonds. The fraction of sp³-hybridized carbons (Fsp3) is 0.333. The van der Waals surface area contributed by atoms with Crippen LogP contribution in [0, 0.1) is 5.82 Å². The van der Waals surface area contributed by atoms with Crippen molar-refractivity contribution in [3.63, 3.8) is 0 Å². The van der Waals surface area contributed by atoms with E-state index in [1.54, 1.807) is 24.5 Å². The number of hydrogen-bond donors (Lipinski definition) is 1. The first-order valence-electron chi connectivity index (χ1n) is 7.63. The number of carbonyl (C=O) groups is 1. The maximum Gasteiger partial charge on any atom is 0.227 e. The first-order valence-corrected chi connectivity index (χ1v) is 7.63. The normalized spacial score (nSPS) is 12.2. The third kappa shape index (κ3) is 5.45. The second-order valence-electron chi connectivity index (χ2n) is 5.76. The smallest absolute Gasteiger partial charge is 0.227 e. The molecule has 122 valence electrons. The highest BCUT2D eigenvalue weighted by atomic mass is 19.1. The number of nitrogens with one attached hydrogen (secondary N) is 1. The number of amides is 1. The van der Waals surface area contributed by atoms with E-state index in [1.165, 1.54) is 12.1 Å². The van der Waals surface area contributed by atoms with Gasteiger partial charge in [0.15, 0.2) is 0 Å². The zero-order valence-electron chi connectivity index (χ0n) is 13.5. The molecule has 2 aromatic rings. The minimum Gasteiger partial charge on any atom is -0.354 e. The van der Waals surface area contributed by atoms with Gasteiger partial charge in [-0.2, -0.15) is 0 Å². The van der Waals surface area contributed by atoms with Crippen LogP contribution in [0.1, 0.15) is 17.0 Å². The van der Waals surface area contributed by atoms with Crippen LogP contribution in [0.2, 0.25) is 0 Å². The van der Waals surface area contributed by atoms with E-state index >= 15 is 0 Å². The highest BCUT2D eigenvalue weighted by Gasteiger charge is 2.21. The van der Waals surface area contributed by atoms with Crippen LogP contribution in [0.25, 0.3) is 0 Å². The Morgan fingerprint density at radius 3 is 2.61 bits per heavy atom. The lowest BCUT2D eigenvalue weighted by Crippen LogP contribution is -2.35. The number of nitrogens with zero attached hydrogens (tertiary/aromatic N) is 2. The van der Waals surface area contributed by atoms with E-state index in [2.05, 4.69) is 10.3 Å². The molecule has 0 aliphatic heterocycles. The average molecular weight is 315 g/mol. The zero-order valence-corrected chi connectivity index (χ0v) is 13.5. The standard InChI is InChI=1S/C18H22FN3O/c1-22(2)11-10-21-18(23)17(12-14-4-3-9-20-13-14)15-5-7-16(19)8-6-15/h3-9,13,17H,10-12H2,1-2H3,(H,21,23). The number of halogens is 1. The molecule has 1 heterocycles. The Balaban J connectivity index is 2.13. The number of pyridine rings is 1. The van der Waals surface area contributed by atoms with E-state index in [0.29, 0.717) is 13.0 Å². The van der Waals surface area contributed by atoms with Crippen molar-refractivity contribution in [3.8, 4) is 0 Å². The van der Waals surface area contributed by atoms with Crippen LogP contribution >= 0.6 is 0 Å². The summed E-state index contributed by atoms with van der Waals surface area (Å²) in [6.45, 7) is 1.35. The van der Waals surface area contributed by atoms with Crippen molar-refractivity contribution in [1.82, 2.24) is 15.2 Å². The SMILES string of the molecule is CN(C)CCNC(=O)C(Cc1cccnc1)c1ccc(F)cc1. The van der Waals surface area contributed by atoms with Crippen molar-refractivity contribution >= 4 is 5.91 Å². The van der Waals surface area contributed by atoms with Gasteiger partial charge in [0.25, 0.3) is 0 Å².